The summed E-state index contributed by atoms with van der Waals surface area (Å²) in [7, 11) is 0. The van der Waals surface area contributed by atoms with Crippen LogP contribution < -0.4 is 5.73 Å². The van der Waals surface area contributed by atoms with Gasteiger partial charge in [-0.15, -0.1) is 0 Å². The first-order chi connectivity index (χ1) is 7.58. The van der Waals surface area contributed by atoms with Crippen LogP contribution in [-0.2, 0) is 0 Å². The maximum atomic E-state index is 12.7. The summed E-state index contributed by atoms with van der Waals surface area (Å²) in [4.78, 5) is 0. The van der Waals surface area contributed by atoms with Gasteiger partial charge >= 0.3 is 0 Å². The second kappa shape index (κ2) is 4.09. The van der Waals surface area contributed by atoms with Crippen LogP contribution in [0.1, 0.15) is 12.0 Å². The first-order valence-corrected chi connectivity index (χ1v) is 4.84. The van der Waals surface area contributed by atoms with E-state index in [0.29, 0.717) is 16.3 Å². The molecule has 2 rings (SSSR count). The SMILES string of the molecule is Nc1cc(-c2cc(Cl)ccc2C(F)F)[nH]n1. The van der Waals surface area contributed by atoms with Crippen molar-refractivity contribution >= 4 is 17.4 Å². The molecule has 0 aliphatic carbocycles. The highest BCUT2D eigenvalue weighted by Gasteiger charge is 2.15. The summed E-state index contributed by atoms with van der Waals surface area (Å²) in [6.45, 7) is 0. The lowest BCUT2D eigenvalue weighted by Gasteiger charge is -2.07. The Morgan fingerprint density at radius 3 is 2.62 bits per heavy atom. The molecule has 3 N–H and O–H groups in total. The molecule has 0 radical (unpaired) electrons. The third kappa shape index (κ3) is 1.99. The van der Waals surface area contributed by atoms with E-state index >= 15 is 0 Å². The van der Waals surface area contributed by atoms with E-state index < -0.39 is 6.43 Å². The molecule has 1 heterocycles. The molecule has 0 unspecified atom stereocenters. The molecule has 2 aromatic rings. The van der Waals surface area contributed by atoms with E-state index in [1.54, 1.807) is 0 Å². The van der Waals surface area contributed by atoms with Crippen molar-refractivity contribution in [2.24, 2.45) is 0 Å². The summed E-state index contributed by atoms with van der Waals surface area (Å²) in [6.07, 6.45) is -2.57. The van der Waals surface area contributed by atoms with Gasteiger partial charge in [0.15, 0.2) is 0 Å². The van der Waals surface area contributed by atoms with Gasteiger partial charge in [0.2, 0.25) is 0 Å². The largest absolute Gasteiger partial charge is 0.382 e. The molecule has 1 aromatic heterocycles. The van der Waals surface area contributed by atoms with E-state index in [9.17, 15) is 8.78 Å². The number of hydrogen-bond acceptors (Lipinski definition) is 2. The Morgan fingerprint density at radius 2 is 2.06 bits per heavy atom. The molecular formula is C10H8ClF2N3. The van der Waals surface area contributed by atoms with Crippen molar-refractivity contribution in [1.29, 1.82) is 0 Å². The van der Waals surface area contributed by atoms with E-state index in [2.05, 4.69) is 10.2 Å². The number of nitrogens with one attached hydrogen (secondary N) is 1. The smallest absolute Gasteiger partial charge is 0.264 e. The molecule has 0 bridgehead atoms. The number of aromatic nitrogens is 2. The number of rotatable bonds is 2. The third-order valence-electron chi connectivity index (χ3n) is 2.14. The van der Waals surface area contributed by atoms with Gasteiger partial charge in [-0.3, -0.25) is 5.10 Å². The molecular weight excluding hydrogens is 236 g/mol. The summed E-state index contributed by atoms with van der Waals surface area (Å²) in [5, 5.41) is 6.65. The zero-order valence-corrected chi connectivity index (χ0v) is 8.80. The fourth-order valence-corrected chi connectivity index (χ4v) is 1.60. The first kappa shape index (κ1) is 10.9. The quantitative estimate of drug-likeness (QED) is 0.851. The number of alkyl halides is 2. The minimum Gasteiger partial charge on any atom is -0.382 e. The van der Waals surface area contributed by atoms with E-state index in [1.807, 2.05) is 0 Å². The number of halogens is 3. The van der Waals surface area contributed by atoms with Crippen molar-refractivity contribution in [3.63, 3.8) is 0 Å². The standard InChI is InChI=1S/C10H8ClF2N3/c11-5-1-2-6(10(12)13)7(3-5)8-4-9(14)16-15-8/h1-4,10H,(H3,14,15,16). The highest BCUT2D eigenvalue weighted by molar-refractivity contribution is 6.30. The molecule has 1 aromatic carbocycles. The number of H-pyrrole nitrogens is 1. The van der Waals surface area contributed by atoms with Crippen LogP contribution in [0, 0.1) is 0 Å². The van der Waals surface area contributed by atoms with Gasteiger partial charge in [-0.1, -0.05) is 17.7 Å². The lowest BCUT2D eigenvalue weighted by atomic mass is 10.1. The van der Waals surface area contributed by atoms with Crippen molar-refractivity contribution < 1.29 is 8.78 Å². The third-order valence-corrected chi connectivity index (χ3v) is 2.37. The van der Waals surface area contributed by atoms with Gasteiger partial charge in [0.1, 0.15) is 5.82 Å². The molecule has 0 aliphatic heterocycles. The molecule has 0 atom stereocenters. The fraction of sp³-hybridized carbons (Fsp3) is 0.100. The summed E-state index contributed by atoms with van der Waals surface area (Å²) in [6, 6.07) is 5.65. The van der Waals surface area contributed by atoms with E-state index in [1.165, 1.54) is 24.3 Å². The Hall–Kier alpha value is -1.62. The van der Waals surface area contributed by atoms with Crippen molar-refractivity contribution in [3.8, 4) is 11.3 Å². The molecule has 84 valence electrons. The average molecular weight is 244 g/mol. The number of anilines is 1. The second-order valence-corrected chi connectivity index (χ2v) is 3.68. The second-order valence-electron chi connectivity index (χ2n) is 3.24. The Labute approximate surface area is 95.2 Å². The first-order valence-electron chi connectivity index (χ1n) is 4.47. The van der Waals surface area contributed by atoms with Gasteiger partial charge in [-0.05, 0) is 12.1 Å². The molecule has 3 nitrogen and oxygen atoms in total. The number of nitrogen functional groups attached to an aromatic ring is 1. The van der Waals surface area contributed by atoms with Crippen LogP contribution in [0.5, 0.6) is 0 Å². The Kier molecular flexibility index (Phi) is 2.78. The predicted molar refractivity (Wildman–Crippen MR) is 58.4 cm³/mol. The normalized spacial score (nSPS) is 11.0. The van der Waals surface area contributed by atoms with Crippen LogP contribution in [0.4, 0.5) is 14.6 Å². The van der Waals surface area contributed by atoms with Gasteiger partial charge in [-0.2, -0.15) is 5.10 Å². The van der Waals surface area contributed by atoms with Gasteiger partial charge < -0.3 is 5.73 Å². The summed E-state index contributed by atoms with van der Waals surface area (Å²) in [5.41, 5.74) is 6.05. The monoisotopic (exact) mass is 243 g/mol. The highest BCUT2D eigenvalue weighted by atomic mass is 35.5. The molecule has 6 heteroatoms. The lowest BCUT2D eigenvalue weighted by molar-refractivity contribution is 0.152. The van der Waals surface area contributed by atoms with Crippen molar-refractivity contribution in [3.05, 3.63) is 34.9 Å². The maximum Gasteiger partial charge on any atom is 0.264 e. The molecule has 0 saturated heterocycles. The number of benzene rings is 1. The van der Waals surface area contributed by atoms with Crippen LogP contribution in [-0.4, -0.2) is 10.2 Å². The molecule has 0 saturated carbocycles. The summed E-state index contributed by atoms with van der Waals surface area (Å²) < 4.78 is 25.5. The van der Waals surface area contributed by atoms with Crippen molar-refractivity contribution in [2.45, 2.75) is 6.43 Å². The van der Waals surface area contributed by atoms with Crippen molar-refractivity contribution in [1.82, 2.24) is 10.2 Å². The van der Waals surface area contributed by atoms with Crippen LogP contribution >= 0.6 is 11.6 Å². The van der Waals surface area contributed by atoms with Crippen molar-refractivity contribution in [2.75, 3.05) is 5.73 Å². The Balaban J connectivity index is 2.57. The van der Waals surface area contributed by atoms with Crippen LogP contribution in [0.25, 0.3) is 11.3 Å². The van der Waals surface area contributed by atoms with Gasteiger partial charge in [0.05, 0.1) is 5.69 Å². The summed E-state index contributed by atoms with van der Waals surface area (Å²) in [5.74, 6) is 0.246. The Bertz CT molecular complexity index is 511. The molecule has 0 amide bonds. The predicted octanol–water partition coefficient (Wildman–Crippen LogP) is 3.25. The number of hydrogen-bond donors (Lipinski definition) is 2. The minimum absolute atomic E-state index is 0.104. The molecule has 16 heavy (non-hydrogen) atoms. The van der Waals surface area contributed by atoms with Gasteiger partial charge in [-0.25, -0.2) is 8.78 Å². The van der Waals surface area contributed by atoms with Crippen LogP contribution in [0.15, 0.2) is 24.3 Å². The topological polar surface area (TPSA) is 54.7 Å². The molecule has 0 fully saturated rings. The van der Waals surface area contributed by atoms with E-state index in [4.69, 9.17) is 17.3 Å². The summed E-state index contributed by atoms with van der Waals surface area (Å²) >= 11 is 5.77. The molecule has 0 spiro atoms. The number of nitrogens with zero attached hydrogens (tertiary/aromatic N) is 1. The van der Waals surface area contributed by atoms with Gasteiger partial charge in [0, 0.05) is 22.2 Å². The fourth-order valence-electron chi connectivity index (χ4n) is 1.43. The molecule has 0 aliphatic rings. The van der Waals surface area contributed by atoms with E-state index in [-0.39, 0.29) is 11.4 Å². The zero-order valence-electron chi connectivity index (χ0n) is 8.05. The van der Waals surface area contributed by atoms with E-state index in [0.717, 1.165) is 0 Å². The number of aromatic amines is 1. The van der Waals surface area contributed by atoms with Crippen LogP contribution in [0.2, 0.25) is 5.02 Å². The minimum atomic E-state index is -2.57. The average Bonchev–Trinajstić information content (AvgIpc) is 2.64. The number of nitrogens with two attached hydrogens (primary N) is 1. The lowest BCUT2D eigenvalue weighted by Crippen LogP contribution is -1.90. The maximum absolute atomic E-state index is 12.7. The highest BCUT2D eigenvalue weighted by Crippen LogP contribution is 2.32. The van der Waals surface area contributed by atoms with Gasteiger partial charge in [0.25, 0.3) is 6.43 Å². The van der Waals surface area contributed by atoms with Crippen LogP contribution in [0.3, 0.4) is 0 Å². The Morgan fingerprint density at radius 1 is 1.31 bits per heavy atom. The zero-order chi connectivity index (χ0) is 11.7.